The maximum Gasteiger partial charge on any atom is -0.0171 e. The van der Waals surface area contributed by atoms with Crippen LogP contribution in [0.5, 0.6) is 0 Å². The third-order valence-corrected chi connectivity index (χ3v) is 3.55. The van der Waals surface area contributed by atoms with E-state index in [2.05, 4.69) is 38.2 Å². The maximum atomic E-state index is 2.44. The Hall–Kier alpha value is -0.520. The normalized spacial score (nSPS) is 45.8. The van der Waals surface area contributed by atoms with Crippen LogP contribution in [-0.4, -0.2) is 0 Å². The van der Waals surface area contributed by atoms with Crippen molar-refractivity contribution >= 4 is 0 Å². The molecule has 0 saturated heterocycles. The first-order valence-electron chi connectivity index (χ1n) is 5.12. The lowest BCUT2D eigenvalue weighted by molar-refractivity contribution is 0.402. The summed E-state index contributed by atoms with van der Waals surface area (Å²) in [6, 6.07) is 0. The van der Waals surface area contributed by atoms with Crippen LogP contribution in [-0.2, 0) is 0 Å². The van der Waals surface area contributed by atoms with Crippen LogP contribution >= 0.6 is 0 Å². The standard InChI is InChI=1S/C12H18/c1-3-5-10-8-9(2)11-6-4-7-12(10)11/h3-6,9-12H,7-8H2,1-2H3. The SMILES string of the molecule is CC=CC1CC(C)C2C=CCC12. The number of rotatable bonds is 1. The highest BCUT2D eigenvalue weighted by Gasteiger charge is 2.39. The van der Waals surface area contributed by atoms with Crippen LogP contribution in [0.3, 0.4) is 0 Å². The first kappa shape index (κ1) is 8.10. The first-order valence-corrected chi connectivity index (χ1v) is 5.12. The average Bonchev–Trinajstić information content (AvgIpc) is 2.58. The van der Waals surface area contributed by atoms with Crippen LogP contribution in [0.25, 0.3) is 0 Å². The molecule has 2 aliphatic rings. The lowest BCUT2D eigenvalue weighted by Crippen LogP contribution is -2.08. The Balaban J connectivity index is 2.12. The van der Waals surface area contributed by atoms with Gasteiger partial charge in [0.25, 0.3) is 0 Å². The molecule has 1 fully saturated rings. The first-order chi connectivity index (χ1) is 5.83. The highest BCUT2D eigenvalue weighted by atomic mass is 14.4. The molecule has 0 bridgehead atoms. The number of hydrogen-bond acceptors (Lipinski definition) is 0. The zero-order chi connectivity index (χ0) is 8.55. The van der Waals surface area contributed by atoms with Gasteiger partial charge in [-0.1, -0.05) is 31.2 Å². The van der Waals surface area contributed by atoms with Gasteiger partial charge < -0.3 is 0 Å². The van der Waals surface area contributed by atoms with E-state index in [1.165, 1.54) is 12.8 Å². The predicted octanol–water partition coefficient (Wildman–Crippen LogP) is 3.41. The summed E-state index contributed by atoms with van der Waals surface area (Å²) in [4.78, 5) is 0. The molecular formula is C12H18. The zero-order valence-electron chi connectivity index (χ0n) is 8.03. The Morgan fingerprint density at radius 1 is 1.42 bits per heavy atom. The summed E-state index contributed by atoms with van der Waals surface area (Å²) in [6.45, 7) is 4.54. The van der Waals surface area contributed by atoms with Gasteiger partial charge in [0.1, 0.15) is 0 Å². The average molecular weight is 162 g/mol. The Morgan fingerprint density at radius 2 is 2.25 bits per heavy atom. The molecule has 2 aliphatic carbocycles. The summed E-state index contributed by atoms with van der Waals surface area (Å²) in [5.74, 6) is 3.61. The van der Waals surface area contributed by atoms with Crippen molar-refractivity contribution in [2.75, 3.05) is 0 Å². The maximum absolute atomic E-state index is 2.44. The minimum Gasteiger partial charge on any atom is -0.0914 e. The second-order valence-corrected chi connectivity index (χ2v) is 4.31. The summed E-state index contributed by atoms with van der Waals surface area (Å²) in [7, 11) is 0. The number of allylic oxidation sites excluding steroid dienone is 4. The molecule has 0 aliphatic heterocycles. The van der Waals surface area contributed by atoms with Crippen LogP contribution in [0.2, 0.25) is 0 Å². The van der Waals surface area contributed by atoms with Crippen LogP contribution in [0, 0.1) is 23.7 Å². The van der Waals surface area contributed by atoms with E-state index in [1.807, 2.05) is 0 Å². The largest absolute Gasteiger partial charge is 0.0914 e. The van der Waals surface area contributed by atoms with E-state index in [1.54, 1.807) is 0 Å². The topological polar surface area (TPSA) is 0 Å². The molecule has 0 aromatic carbocycles. The van der Waals surface area contributed by atoms with E-state index < -0.39 is 0 Å². The Bertz CT molecular complexity index is 212. The van der Waals surface area contributed by atoms with Crippen molar-refractivity contribution in [3.05, 3.63) is 24.3 Å². The number of hydrogen-bond donors (Lipinski definition) is 0. The van der Waals surface area contributed by atoms with E-state index in [0.717, 1.165) is 23.7 Å². The molecule has 4 unspecified atom stereocenters. The molecule has 0 heteroatoms. The second kappa shape index (κ2) is 3.08. The molecule has 0 aromatic rings. The monoisotopic (exact) mass is 162 g/mol. The van der Waals surface area contributed by atoms with Gasteiger partial charge in [-0.15, -0.1) is 0 Å². The van der Waals surface area contributed by atoms with Gasteiger partial charge in [0.2, 0.25) is 0 Å². The van der Waals surface area contributed by atoms with E-state index in [-0.39, 0.29) is 0 Å². The molecule has 0 amide bonds. The van der Waals surface area contributed by atoms with Crippen molar-refractivity contribution in [3.63, 3.8) is 0 Å². The Morgan fingerprint density at radius 3 is 3.00 bits per heavy atom. The third-order valence-electron chi connectivity index (χ3n) is 3.55. The lowest BCUT2D eigenvalue weighted by Gasteiger charge is -2.14. The van der Waals surface area contributed by atoms with Crippen molar-refractivity contribution < 1.29 is 0 Å². The molecule has 0 spiro atoms. The van der Waals surface area contributed by atoms with Gasteiger partial charge >= 0.3 is 0 Å². The van der Waals surface area contributed by atoms with E-state index >= 15 is 0 Å². The molecule has 0 heterocycles. The molecule has 0 radical (unpaired) electrons. The van der Waals surface area contributed by atoms with Gasteiger partial charge in [-0.3, -0.25) is 0 Å². The molecule has 1 saturated carbocycles. The highest BCUT2D eigenvalue weighted by Crippen LogP contribution is 2.47. The lowest BCUT2D eigenvalue weighted by atomic mass is 9.90. The van der Waals surface area contributed by atoms with E-state index in [4.69, 9.17) is 0 Å². The van der Waals surface area contributed by atoms with Crippen molar-refractivity contribution in [2.24, 2.45) is 23.7 Å². The van der Waals surface area contributed by atoms with Crippen molar-refractivity contribution in [1.82, 2.24) is 0 Å². The Labute approximate surface area is 75.4 Å². The summed E-state index contributed by atoms with van der Waals surface area (Å²) < 4.78 is 0. The molecule has 0 nitrogen and oxygen atoms in total. The molecule has 4 atom stereocenters. The second-order valence-electron chi connectivity index (χ2n) is 4.31. The van der Waals surface area contributed by atoms with Crippen LogP contribution < -0.4 is 0 Å². The van der Waals surface area contributed by atoms with Crippen LogP contribution in [0.4, 0.5) is 0 Å². The van der Waals surface area contributed by atoms with E-state index in [9.17, 15) is 0 Å². The fourth-order valence-corrected chi connectivity index (χ4v) is 2.99. The van der Waals surface area contributed by atoms with Crippen molar-refractivity contribution in [1.29, 1.82) is 0 Å². The fraction of sp³-hybridized carbons (Fsp3) is 0.667. The zero-order valence-corrected chi connectivity index (χ0v) is 8.03. The van der Waals surface area contributed by atoms with Gasteiger partial charge in [-0.05, 0) is 43.4 Å². The van der Waals surface area contributed by atoms with Gasteiger partial charge in [-0.2, -0.15) is 0 Å². The van der Waals surface area contributed by atoms with Gasteiger partial charge in [0.15, 0.2) is 0 Å². The summed E-state index contributed by atoms with van der Waals surface area (Å²) in [6.07, 6.45) is 12.2. The van der Waals surface area contributed by atoms with Crippen LogP contribution in [0.15, 0.2) is 24.3 Å². The number of fused-ring (bicyclic) bond motifs is 1. The van der Waals surface area contributed by atoms with Gasteiger partial charge in [0, 0.05) is 0 Å². The fourth-order valence-electron chi connectivity index (χ4n) is 2.99. The van der Waals surface area contributed by atoms with E-state index in [0.29, 0.717) is 0 Å². The summed E-state index contributed by atoms with van der Waals surface area (Å²) >= 11 is 0. The molecule has 0 aromatic heterocycles. The minimum atomic E-state index is 0.866. The summed E-state index contributed by atoms with van der Waals surface area (Å²) in [5, 5.41) is 0. The smallest absolute Gasteiger partial charge is 0.0171 e. The van der Waals surface area contributed by atoms with Gasteiger partial charge in [0.05, 0.1) is 0 Å². The molecular weight excluding hydrogens is 144 g/mol. The highest BCUT2D eigenvalue weighted by molar-refractivity contribution is 5.12. The minimum absolute atomic E-state index is 0.866. The third kappa shape index (κ3) is 1.14. The van der Waals surface area contributed by atoms with Crippen LogP contribution in [0.1, 0.15) is 26.7 Å². The molecule has 2 rings (SSSR count). The Kier molecular flexibility index (Phi) is 2.08. The predicted molar refractivity (Wildman–Crippen MR) is 52.8 cm³/mol. The quantitative estimate of drug-likeness (QED) is 0.518. The van der Waals surface area contributed by atoms with Crippen molar-refractivity contribution in [2.45, 2.75) is 26.7 Å². The summed E-state index contributed by atoms with van der Waals surface area (Å²) in [5.41, 5.74) is 0. The van der Waals surface area contributed by atoms with Gasteiger partial charge in [-0.25, -0.2) is 0 Å². The molecule has 0 N–H and O–H groups in total. The molecule has 66 valence electrons. The van der Waals surface area contributed by atoms with Crippen molar-refractivity contribution in [3.8, 4) is 0 Å². The molecule has 12 heavy (non-hydrogen) atoms.